The highest BCUT2D eigenvalue weighted by atomic mass is 16.5. The molecule has 5 heteroatoms. The van der Waals surface area contributed by atoms with Crippen molar-refractivity contribution in [2.24, 2.45) is 0 Å². The van der Waals surface area contributed by atoms with E-state index in [9.17, 15) is 14.4 Å². The van der Waals surface area contributed by atoms with Crippen molar-refractivity contribution < 1.29 is 23.9 Å². The molecule has 0 radical (unpaired) electrons. The lowest BCUT2D eigenvalue weighted by Crippen LogP contribution is -2.25. The van der Waals surface area contributed by atoms with Gasteiger partial charge in [0.1, 0.15) is 6.42 Å². The van der Waals surface area contributed by atoms with Crippen LogP contribution >= 0.6 is 0 Å². The molecule has 74 valence electrons. The summed E-state index contributed by atoms with van der Waals surface area (Å²) in [5.74, 6) is -1.66. The zero-order valence-corrected chi connectivity index (χ0v) is 7.83. The number of hydrogen-bond acceptors (Lipinski definition) is 5. The molecule has 0 N–H and O–H groups in total. The normalized spacial score (nSPS) is 11.6. The molecule has 0 aromatic heterocycles. The van der Waals surface area contributed by atoms with Gasteiger partial charge in [-0.1, -0.05) is 0 Å². The monoisotopic (exact) mass is 188 g/mol. The number of ether oxygens (including phenoxy) is 2. The average Bonchev–Trinajstić information content (AvgIpc) is 2.02. The van der Waals surface area contributed by atoms with Crippen LogP contribution in [0.2, 0.25) is 0 Å². The summed E-state index contributed by atoms with van der Waals surface area (Å²) in [4.78, 5) is 32.1. The molecule has 1 unspecified atom stereocenters. The van der Waals surface area contributed by atoms with Gasteiger partial charge in [0.05, 0.1) is 7.11 Å². The van der Waals surface area contributed by atoms with E-state index in [-0.39, 0.29) is 6.42 Å². The summed E-state index contributed by atoms with van der Waals surface area (Å²) in [6.45, 7) is 2.61. The maximum absolute atomic E-state index is 11.1. The van der Waals surface area contributed by atoms with Crippen LogP contribution in [0.1, 0.15) is 20.3 Å². The fourth-order valence-corrected chi connectivity index (χ4v) is 0.673. The molecule has 1 atom stereocenters. The first-order chi connectivity index (χ1) is 5.97. The van der Waals surface area contributed by atoms with E-state index in [2.05, 4.69) is 9.47 Å². The van der Waals surface area contributed by atoms with E-state index in [4.69, 9.17) is 0 Å². The van der Waals surface area contributed by atoms with Crippen molar-refractivity contribution in [3.05, 3.63) is 0 Å². The zero-order valence-electron chi connectivity index (χ0n) is 7.83. The van der Waals surface area contributed by atoms with E-state index in [0.717, 1.165) is 0 Å². The molecule has 0 amide bonds. The molecular formula is C8H12O5. The molecule has 0 rings (SSSR count). The number of carbonyl (C=O) groups is 3. The minimum Gasteiger partial charge on any atom is -0.469 e. The molecule has 0 aliphatic rings. The fraction of sp³-hybridized carbons (Fsp3) is 0.625. The highest BCUT2D eigenvalue weighted by Crippen LogP contribution is 1.98. The Bertz CT molecular complexity index is 221. The fourth-order valence-electron chi connectivity index (χ4n) is 0.673. The summed E-state index contributed by atoms with van der Waals surface area (Å²) < 4.78 is 8.84. The molecule has 13 heavy (non-hydrogen) atoms. The lowest BCUT2D eigenvalue weighted by atomic mass is 10.2. The number of ketones is 1. The van der Waals surface area contributed by atoms with Crippen LogP contribution in [0.3, 0.4) is 0 Å². The molecule has 0 saturated heterocycles. The Morgan fingerprint density at radius 3 is 2.23 bits per heavy atom. The molecule has 0 bridgehead atoms. The molecule has 0 saturated carbocycles. The molecule has 0 aromatic carbocycles. The quantitative estimate of drug-likeness (QED) is 0.461. The van der Waals surface area contributed by atoms with E-state index in [1.165, 1.54) is 21.0 Å². The number of rotatable bonds is 4. The van der Waals surface area contributed by atoms with E-state index < -0.39 is 23.8 Å². The lowest BCUT2D eigenvalue weighted by Gasteiger charge is -2.09. The summed E-state index contributed by atoms with van der Waals surface area (Å²) in [6.07, 6.45) is -1.26. The predicted octanol–water partition coefficient (Wildman–Crippen LogP) is 0.0702. The predicted molar refractivity (Wildman–Crippen MR) is 42.9 cm³/mol. The summed E-state index contributed by atoms with van der Waals surface area (Å²) in [5.41, 5.74) is 0. The minimum absolute atomic E-state index is 0.370. The maximum Gasteiger partial charge on any atom is 0.313 e. The van der Waals surface area contributed by atoms with Crippen molar-refractivity contribution >= 4 is 17.7 Å². The largest absolute Gasteiger partial charge is 0.469 e. The number of carbonyl (C=O) groups excluding carboxylic acids is 3. The first kappa shape index (κ1) is 11.6. The van der Waals surface area contributed by atoms with Gasteiger partial charge in [0.2, 0.25) is 0 Å². The molecule has 0 aliphatic heterocycles. The van der Waals surface area contributed by atoms with Crippen LogP contribution in [-0.4, -0.2) is 30.9 Å². The Morgan fingerprint density at radius 2 is 1.85 bits per heavy atom. The molecule has 0 heterocycles. The number of esters is 2. The van der Waals surface area contributed by atoms with Crippen LogP contribution in [0, 0.1) is 0 Å². The van der Waals surface area contributed by atoms with Crippen LogP contribution in [-0.2, 0) is 23.9 Å². The smallest absolute Gasteiger partial charge is 0.313 e. The van der Waals surface area contributed by atoms with Crippen molar-refractivity contribution in [3.8, 4) is 0 Å². The van der Waals surface area contributed by atoms with Crippen molar-refractivity contribution in [1.29, 1.82) is 0 Å². The van der Waals surface area contributed by atoms with Gasteiger partial charge < -0.3 is 9.47 Å². The van der Waals surface area contributed by atoms with E-state index in [1.807, 2.05) is 0 Å². The molecule has 5 nitrogen and oxygen atoms in total. The standard InChI is InChI=1S/C8H12O5/c1-5(13-6(2)9)7(10)4-8(11)12-3/h5H,4H2,1-3H3. The summed E-state index contributed by atoms with van der Waals surface area (Å²) >= 11 is 0. The second-order valence-corrected chi connectivity index (χ2v) is 2.47. The molecule has 0 aromatic rings. The second kappa shape index (κ2) is 5.29. The highest BCUT2D eigenvalue weighted by Gasteiger charge is 2.19. The van der Waals surface area contributed by atoms with Gasteiger partial charge in [0.25, 0.3) is 0 Å². The highest BCUT2D eigenvalue weighted by molar-refractivity contribution is 5.98. The van der Waals surface area contributed by atoms with Gasteiger partial charge in [0, 0.05) is 6.92 Å². The number of Topliss-reactive ketones (excluding diaryl/α,β-unsaturated/α-hetero) is 1. The lowest BCUT2D eigenvalue weighted by molar-refractivity contribution is -0.155. The topological polar surface area (TPSA) is 69.7 Å². The molecular weight excluding hydrogens is 176 g/mol. The Kier molecular flexibility index (Phi) is 4.72. The number of hydrogen-bond donors (Lipinski definition) is 0. The van der Waals surface area contributed by atoms with Crippen LogP contribution in [0.4, 0.5) is 0 Å². The Morgan fingerprint density at radius 1 is 1.31 bits per heavy atom. The maximum atomic E-state index is 11.1. The average molecular weight is 188 g/mol. The Labute approximate surface area is 76.0 Å². The van der Waals surface area contributed by atoms with Gasteiger partial charge in [-0.25, -0.2) is 0 Å². The zero-order chi connectivity index (χ0) is 10.4. The van der Waals surface area contributed by atoms with Crippen molar-refractivity contribution in [3.63, 3.8) is 0 Å². The van der Waals surface area contributed by atoms with Gasteiger partial charge in [-0.3, -0.25) is 14.4 Å². The van der Waals surface area contributed by atoms with Crippen molar-refractivity contribution in [1.82, 2.24) is 0 Å². The van der Waals surface area contributed by atoms with Gasteiger partial charge >= 0.3 is 11.9 Å². The third-order valence-corrected chi connectivity index (χ3v) is 1.34. The SMILES string of the molecule is COC(=O)CC(=O)C(C)OC(C)=O. The van der Waals surface area contributed by atoms with Gasteiger partial charge in [0.15, 0.2) is 11.9 Å². The Balaban J connectivity index is 3.96. The molecule has 0 spiro atoms. The first-order valence-electron chi connectivity index (χ1n) is 3.74. The second-order valence-electron chi connectivity index (χ2n) is 2.47. The van der Waals surface area contributed by atoms with E-state index in [1.54, 1.807) is 0 Å². The van der Waals surface area contributed by atoms with E-state index in [0.29, 0.717) is 0 Å². The third kappa shape index (κ3) is 4.95. The summed E-state index contributed by atoms with van der Waals surface area (Å²) in [7, 11) is 1.19. The van der Waals surface area contributed by atoms with E-state index >= 15 is 0 Å². The first-order valence-corrected chi connectivity index (χ1v) is 3.74. The summed E-state index contributed by atoms with van der Waals surface area (Å²) in [6, 6.07) is 0. The van der Waals surface area contributed by atoms with Gasteiger partial charge in [-0.2, -0.15) is 0 Å². The third-order valence-electron chi connectivity index (χ3n) is 1.34. The van der Waals surface area contributed by atoms with Crippen molar-refractivity contribution in [2.45, 2.75) is 26.4 Å². The van der Waals surface area contributed by atoms with Crippen LogP contribution < -0.4 is 0 Å². The molecule has 0 fully saturated rings. The number of methoxy groups -OCH3 is 1. The van der Waals surface area contributed by atoms with Crippen LogP contribution in [0.25, 0.3) is 0 Å². The minimum atomic E-state index is -0.892. The van der Waals surface area contributed by atoms with Crippen LogP contribution in [0.5, 0.6) is 0 Å². The van der Waals surface area contributed by atoms with Gasteiger partial charge in [-0.05, 0) is 6.92 Å². The van der Waals surface area contributed by atoms with Crippen LogP contribution in [0.15, 0.2) is 0 Å². The van der Waals surface area contributed by atoms with Crippen molar-refractivity contribution in [2.75, 3.05) is 7.11 Å². The molecule has 0 aliphatic carbocycles. The Hall–Kier alpha value is -1.39. The van der Waals surface area contributed by atoms with Gasteiger partial charge in [-0.15, -0.1) is 0 Å². The summed E-state index contributed by atoms with van der Waals surface area (Å²) in [5, 5.41) is 0.